The summed E-state index contributed by atoms with van der Waals surface area (Å²) in [5, 5.41) is 0. The van der Waals surface area contributed by atoms with Crippen LogP contribution in [0.25, 0.3) is 0 Å². The van der Waals surface area contributed by atoms with Crippen LogP contribution < -0.4 is 4.90 Å². The minimum Gasteiger partial charge on any atom is -0.462 e. The van der Waals surface area contributed by atoms with E-state index < -0.39 is 11.9 Å². The standard InChI is InChI=1S/C18H23NO5/c1-4-23-17(21)15-12(3)6-7-14(16(15)18(22)24-5-2)19-10-8-13(20)9-11-19/h6-7H,4-5,8-11H2,1-3H3. The van der Waals surface area contributed by atoms with Gasteiger partial charge in [-0.2, -0.15) is 0 Å². The predicted octanol–water partition coefficient (Wildman–Crippen LogP) is 2.52. The number of hydrogen-bond acceptors (Lipinski definition) is 6. The normalized spacial score (nSPS) is 14.5. The van der Waals surface area contributed by atoms with E-state index >= 15 is 0 Å². The number of hydrogen-bond donors (Lipinski definition) is 0. The molecule has 0 bridgehead atoms. The molecule has 1 aliphatic heterocycles. The van der Waals surface area contributed by atoms with Gasteiger partial charge in [-0.05, 0) is 32.4 Å². The van der Waals surface area contributed by atoms with Crippen molar-refractivity contribution in [1.82, 2.24) is 0 Å². The molecule has 24 heavy (non-hydrogen) atoms. The second-order valence-electron chi connectivity index (χ2n) is 5.62. The summed E-state index contributed by atoms with van der Waals surface area (Å²) >= 11 is 0. The summed E-state index contributed by atoms with van der Waals surface area (Å²) in [5.41, 5.74) is 1.75. The van der Waals surface area contributed by atoms with Gasteiger partial charge in [-0.25, -0.2) is 9.59 Å². The molecule has 0 radical (unpaired) electrons. The number of ether oxygens (including phenoxy) is 2. The molecule has 0 atom stereocenters. The van der Waals surface area contributed by atoms with Crippen molar-refractivity contribution in [2.24, 2.45) is 0 Å². The van der Waals surface area contributed by atoms with E-state index in [4.69, 9.17) is 9.47 Å². The molecule has 1 fully saturated rings. The van der Waals surface area contributed by atoms with Crippen molar-refractivity contribution in [3.05, 3.63) is 28.8 Å². The number of carbonyl (C=O) groups excluding carboxylic acids is 3. The number of anilines is 1. The first-order valence-corrected chi connectivity index (χ1v) is 8.24. The zero-order valence-electron chi connectivity index (χ0n) is 14.4. The molecule has 1 aliphatic rings. The van der Waals surface area contributed by atoms with E-state index in [1.165, 1.54) is 0 Å². The summed E-state index contributed by atoms with van der Waals surface area (Å²) in [6, 6.07) is 3.60. The maximum Gasteiger partial charge on any atom is 0.341 e. The van der Waals surface area contributed by atoms with E-state index in [0.717, 1.165) is 0 Å². The van der Waals surface area contributed by atoms with E-state index in [1.807, 2.05) is 4.90 Å². The fourth-order valence-electron chi connectivity index (χ4n) is 2.83. The van der Waals surface area contributed by atoms with Crippen LogP contribution >= 0.6 is 0 Å². The van der Waals surface area contributed by atoms with Gasteiger partial charge in [0.05, 0.1) is 30.0 Å². The van der Waals surface area contributed by atoms with Crippen molar-refractivity contribution in [2.75, 3.05) is 31.2 Å². The number of carbonyl (C=O) groups is 3. The van der Waals surface area contributed by atoms with Crippen LogP contribution in [0.15, 0.2) is 12.1 Å². The number of nitrogens with zero attached hydrogens (tertiary/aromatic N) is 1. The molecule has 2 rings (SSSR count). The van der Waals surface area contributed by atoms with Crippen molar-refractivity contribution in [3.63, 3.8) is 0 Å². The SMILES string of the molecule is CCOC(=O)c1c(C)ccc(N2CCC(=O)CC2)c1C(=O)OCC. The molecule has 0 amide bonds. The molecule has 130 valence electrons. The fraction of sp³-hybridized carbons (Fsp3) is 0.500. The lowest BCUT2D eigenvalue weighted by Gasteiger charge is -2.30. The Bertz CT molecular complexity index is 643. The summed E-state index contributed by atoms with van der Waals surface area (Å²) in [5.74, 6) is -0.870. The zero-order valence-corrected chi connectivity index (χ0v) is 14.4. The average molecular weight is 333 g/mol. The van der Waals surface area contributed by atoms with E-state index in [1.54, 1.807) is 32.9 Å². The molecule has 1 heterocycles. The van der Waals surface area contributed by atoms with Crippen molar-refractivity contribution in [2.45, 2.75) is 33.6 Å². The first kappa shape index (κ1) is 18.0. The Morgan fingerprint density at radius 3 is 2.08 bits per heavy atom. The Balaban J connectivity index is 2.53. The van der Waals surface area contributed by atoms with E-state index in [9.17, 15) is 14.4 Å². The maximum atomic E-state index is 12.5. The number of ketones is 1. The van der Waals surface area contributed by atoms with Crippen molar-refractivity contribution in [1.29, 1.82) is 0 Å². The highest BCUT2D eigenvalue weighted by Crippen LogP contribution is 2.30. The first-order chi connectivity index (χ1) is 11.5. The Kier molecular flexibility index (Phi) is 5.95. The lowest BCUT2D eigenvalue weighted by atomic mass is 9.97. The quantitative estimate of drug-likeness (QED) is 0.771. The molecule has 0 saturated carbocycles. The van der Waals surface area contributed by atoms with Crippen LogP contribution in [-0.4, -0.2) is 44.0 Å². The fourth-order valence-corrected chi connectivity index (χ4v) is 2.83. The number of esters is 2. The Labute approximate surface area is 141 Å². The van der Waals surface area contributed by atoms with Crippen LogP contribution in [0.2, 0.25) is 0 Å². The predicted molar refractivity (Wildman–Crippen MR) is 89.5 cm³/mol. The Morgan fingerprint density at radius 1 is 1.00 bits per heavy atom. The molecule has 1 aromatic carbocycles. The van der Waals surface area contributed by atoms with Gasteiger partial charge in [-0.3, -0.25) is 4.79 Å². The summed E-state index contributed by atoms with van der Waals surface area (Å²) in [6.07, 6.45) is 0.871. The van der Waals surface area contributed by atoms with Crippen molar-refractivity contribution < 1.29 is 23.9 Å². The first-order valence-electron chi connectivity index (χ1n) is 8.24. The highest BCUT2D eigenvalue weighted by molar-refractivity contribution is 6.08. The second kappa shape index (κ2) is 7.95. The Hall–Kier alpha value is -2.37. The highest BCUT2D eigenvalue weighted by atomic mass is 16.5. The number of piperidine rings is 1. The third-order valence-corrected chi connectivity index (χ3v) is 4.01. The van der Waals surface area contributed by atoms with Crippen LogP contribution in [0.5, 0.6) is 0 Å². The molecule has 0 aliphatic carbocycles. The lowest BCUT2D eigenvalue weighted by Crippen LogP contribution is -2.35. The van der Waals surface area contributed by atoms with Crippen LogP contribution in [0.1, 0.15) is 53.0 Å². The van der Waals surface area contributed by atoms with Gasteiger partial charge in [0.25, 0.3) is 0 Å². The van der Waals surface area contributed by atoms with Crippen LogP contribution in [-0.2, 0) is 14.3 Å². The average Bonchev–Trinajstić information content (AvgIpc) is 2.55. The molecule has 1 aromatic rings. The minimum atomic E-state index is -0.545. The zero-order chi connectivity index (χ0) is 17.7. The number of Topliss-reactive ketones (excluding diaryl/α,β-unsaturated/α-hetero) is 1. The Morgan fingerprint density at radius 2 is 1.54 bits per heavy atom. The number of aryl methyl sites for hydroxylation is 1. The lowest BCUT2D eigenvalue weighted by molar-refractivity contribution is -0.119. The monoisotopic (exact) mass is 333 g/mol. The van der Waals surface area contributed by atoms with E-state index in [0.29, 0.717) is 37.2 Å². The minimum absolute atomic E-state index is 0.210. The number of benzene rings is 1. The highest BCUT2D eigenvalue weighted by Gasteiger charge is 2.29. The third-order valence-electron chi connectivity index (χ3n) is 4.01. The molecule has 0 spiro atoms. The number of rotatable bonds is 5. The van der Waals surface area contributed by atoms with Gasteiger partial charge in [0.1, 0.15) is 5.78 Å². The third kappa shape index (κ3) is 3.75. The van der Waals surface area contributed by atoms with E-state index in [-0.39, 0.29) is 30.1 Å². The molecular formula is C18H23NO5. The molecular weight excluding hydrogens is 310 g/mol. The molecule has 1 saturated heterocycles. The summed E-state index contributed by atoms with van der Waals surface area (Å²) in [7, 11) is 0. The molecule has 6 nitrogen and oxygen atoms in total. The topological polar surface area (TPSA) is 72.9 Å². The summed E-state index contributed by atoms with van der Waals surface area (Å²) in [6.45, 7) is 6.69. The van der Waals surface area contributed by atoms with Gasteiger partial charge in [0.15, 0.2) is 0 Å². The van der Waals surface area contributed by atoms with Gasteiger partial charge >= 0.3 is 11.9 Å². The maximum absolute atomic E-state index is 12.5. The molecule has 0 aromatic heterocycles. The summed E-state index contributed by atoms with van der Waals surface area (Å²) in [4.78, 5) is 38.3. The molecule has 6 heteroatoms. The van der Waals surface area contributed by atoms with Crippen LogP contribution in [0, 0.1) is 6.92 Å². The smallest absolute Gasteiger partial charge is 0.341 e. The van der Waals surface area contributed by atoms with Crippen molar-refractivity contribution >= 4 is 23.4 Å². The molecule has 0 N–H and O–H groups in total. The van der Waals surface area contributed by atoms with Gasteiger partial charge in [0, 0.05) is 25.9 Å². The van der Waals surface area contributed by atoms with Crippen molar-refractivity contribution in [3.8, 4) is 0 Å². The van der Waals surface area contributed by atoms with Crippen LogP contribution in [0.3, 0.4) is 0 Å². The largest absolute Gasteiger partial charge is 0.462 e. The van der Waals surface area contributed by atoms with Gasteiger partial charge in [0.2, 0.25) is 0 Å². The van der Waals surface area contributed by atoms with Gasteiger partial charge in [-0.15, -0.1) is 0 Å². The van der Waals surface area contributed by atoms with E-state index in [2.05, 4.69) is 0 Å². The summed E-state index contributed by atoms with van der Waals surface area (Å²) < 4.78 is 10.3. The second-order valence-corrected chi connectivity index (χ2v) is 5.62. The molecule has 0 unspecified atom stereocenters. The van der Waals surface area contributed by atoms with Crippen LogP contribution in [0.4, 0.5) is 5.69 Å². The van der Waals surface area contributed by atoms with Gasteiger partial charge in [-0.1, -0.05) is 6.07 Å². The van der Waals surface area contributed by atoms with Gasteiger partial charge < -0.3 is 14.4 Å².